The van der Waals surface area contributed by atoms with Crippen LogP contribution in [0.1, 0.15) is 29.1 Å². The highest BCUT2D eigenvalue weighted by atomic mass is 32.2. The molecule has 1 saturated heterocycles. The second kappa shape index (κ2) is 9.01. The molecule has 2 heterocycles. The number of furan rings is 1. The highest BCUT2D eigenvalue weighted by Crippen LogP contribution is 2.25. The minimum absolute atomic E-state index is 0.00174. The standard InChI is InChI=1S/C21H22N4O4S2/c1-14-5-6-16(11-15(14)2)25-20(26)19(23-21(25)30)12-17-7-8-18(29-17)13-24(10-4-9-22)31(3,27)28/h5-8,11-12H,4,10,13H2,1-3H3,(H,23,30)/b19-12-. The minimum Gasteiger partial charge on any atom is -0.460 e. The summed E-state index contributed by atoms with van der Waals surface area (Å²) < 4.78 is 30.7. The number of amides is 1. The van der Waals surface area contributed by atoms with E-state index < -0.39 is 10.0 Å². The largest absolute Gasteiger partial charge is 0.460 e. The molecule has 31 heavy (non-hydrogen) atoms. The maximum absolute atomic E-state index is 12.9. The summed E-state index contributed by atoms with van der Waals surface area (Å²) in [5.41, 5.74) is 3.10. The molecule has 1 aliphatic heterocycles. The smallest absolute Gasteiger partial charge is 0.281 e. The average Bonchev–Trinajstić information content (AvgIpc) is 3.24. The third kappa shape index (κ3) is 5.19. The van der Waals surface area contributed by atoms with Crippen LogP contribution in [0.4, 0.5) is 5.69 Å². The Labute approximate surface area is 186 Å². The van der Waals surface area contributed by atoms with Crippen molar-refractivity contribution in [2.45, 2.75) is 26.8 Å². The summed E-state index contributed by atoms with van der Waals surface area (Å²) in [5, 5.41) is 11.9. The number of hydrogen-bond acceptors (Lipinski definition) is 6. The first-order chi connectivity index (χ1) is 14.6. The zero-order valence-corrected chi connectivity index (χ0v) is 19.0. The van der Waals surface area contributed by atoms with E-state index in [9.17, 15) is 13.2 Å². The average molecular weight is 459 g/mol. The number of nitrogens with one attached hydrogen (secondary N) is 1. The Kier molecular flexibility index (Phi) is 6.59. The fraction of sp³-hybridized carbons (Fsp3) is 0.286. The Bertz CT molecular complexity index is 1210. The first-order valence-electron chi connectivity index (χ1n) is 9.45. The topological polar surface area (TPSA) is 107 Å². The van der Waals surface area contributed by atoms with E-state index in [0.717, 1.165) is 17.4 Å². The van der Waals surface area contributed by atoms with Gasteiger partial charge in [-0.25, -0.2) is 8.42 Å². The van der Waals surface area contributed by atoms with E-state index in [2.05, 4.69) is 5.32 Å². The Hall–Kier alpha value is -3.00. The number of anilines is 1. The molecule has 162 valence electrons. The molecule has 2 aromatic rings. The van der Waals surface area contributed by atoms with Gasteiger partial charge in [0, 0.05) is 19.0 Å². The third-order valence-electron chi connectivity index (χ3n) is 4.87. The van der Waals surface area contributed by atoms with Gasteiger partial charge in [0.15, 0.2) is 5.11 Å². The summed E-state index contributed by atoms with van der Waals surface area (Å²) in [6, 6.07) is 10.9. The molecule has 10 heteroatoms. The van der Waals surface area contributed by atoms with Gasteiger partial charge in [-0.2, -0.15) is 9.57 Å². The van der Waals surface area contributed by atoms with E-state index in [1.807, 2.05) is 38.1 Å². The third-order valence-corrected chi connectivity index (χ3v) is 6.40. The van der Waals surface area contributed by atoms with Crippen LogP contribution in [-0.4, -0.2) is 36.5 Å². The molecule has 1 aromatic carbocycles. The zero-order valence-electron chi connectivity index (χ0n) is 17.4. The number of hydrogen-bond donors (Lipinski definition) is 1. The molecule has 3 rings (SSSR count). The van der Waals surface area contributed by atoms with Crippen molar-refractivity contribution >= 4 is 45.0 Å². The van der Waals surface area contributed by atoms with Gasteiger partial charge in [-0.1, -0.05) is 6.07 Å². The van der Waals surface area contributed by atoms with E-state index in [-0.39, 0.29) is 36.2 Å². The van der Waals surface area contributed by atoms with Gasteiger partial charge in [0.05, 0.1) is 24.6 Å². The van der Waals surface area contributed by atoms with Crippen LogP contribution in [0.3, 0.4) is 0 Å². The Morgan fingerprint density at radius 2 is 2.00 bits per heavy atom. The monoisotopic (exact) mass is 458 g/mol. The lowest BCUT2D eigenvalue weighted by Crippen LogP contribution is -2.30. The molecule has 0 radical (unpaired) electrons. The number of aryl methyl sites for hydroxylation is 2. The van der Waals surface area contributed by atoms with E-state index in [1.54, 1.807) is 12.1 Å². The van der Waals surface area contributed by atoms with Crippen molar-refractivity contribution in [3.8, 4) is 6.07 Å². The molecular formula is C21H22N4O4S2. The summed E-state index contributed by atoms with van der Waals surface area (Å²) >= 11 is 5.34. The van der Waals surface area contributed by atoms with Crippen molar-refractivity contribution in [3.63, 3.8) is 0 Å². The van der Waals surface area contributed by atoms with Gasteiger partial charge >= 0.3 is 0 Å². The molecule has 0 spiro atoms. The SMILES string of the molecule is Cc1ccc(N2C(=O)/C(=C/c3ccc(CN(CCC#N)S(C)(=O)=O)o3)NC2=S)cc1C. The molecule has 1 aliphatic rings. The highest BCUT2D eigenvalue weighted by Gasteiger charge is 2.32. The molecule has 1 amide bonds. The van der Waals surface area contributed by atoms with Crippen LogP contribution in [0.2, 0.25) is 0 Å². The van der Waals surface area contributed by atoms with Crippen LogP contribution in [0.25, 0.3) is 6.08 Å². The first-order valence-corrected chi connectivity index (χ1v) is 11.7. The molecule has 8 nitrogen and oxygen atoms in total. The number of carbonyl (C=O) groups excluding carboxylic acids is 1. The molecule has 1 fully saturated rings. The molecule has 0 unspecified atom stereocenters. The second-order valence-electron chi connectivity index (χ2n) is 7.21. The van der Waals surface area contributed by atoms with Crippen LogP contribution < -0.4 is 10.2 Å². The highest BCUT2D eigenvalue weighted by molar-refractivity contribution is 7.88. The van der Waals surface area contributed by atoms with Crippen LogP contribution in [-0.2, 0) is 21.4 Å². The van der Waals surface area contributed by atoms with Gasteiger partial charge in [0.25, 0.3) is 5.91 Å². The maximum atomic E-state index is 12.9. The lowest BCUT2D eigenvalue weighted by atomic mass is 10.1. The summed E-state index contributed by atoms with van der Waals surface area (Å²) in [6.07, 6.45) is 2.69. The van der Waals surface area contributed by atoms with E-state index in [0.29, 0.717) is 17.2 Å². The quantitative estimate of drug-likeness (QED) is 0.502. The minimum atomic E-state index is -3.49. The number of rotatable bonds is 7. The van der Waals surface area contributed by atoms with Gasteiger partial charge in [-0.3, -0.25) is 9.69 Å². The number of nitrogens with zero attached hydrogens (tertiary/aromatic N) is 3. The summed E-state index contributed by atoms with van der Waals surface area (Å²) in [4.78, 5) is 14.3. The predicted octanol–water partition coefficient (Wildman–Crippen LogP) is 2.83. The molecule has 0 saturated carbocycles. The molecular weight excluding hydrogens is 436 g/mol. The molecule has 0 bridgehead atoms. The summed E-state index contributed by atoms with van der Waals surface area (Å²) in [5.74, 6) is 0.469. The van der Waals surface area contributed by atoms with E-state index in [4.69, 9.17) is 21.9 Å². The van der Waals surface area contributed by atoms with Crippen molar-refractivity contribution in [3.05, 3.63) is 58.7 Å². The maximum Gasteiger partial charge on any atom is 0.281 e. The van der Waals surface area contributed by atoms with Gasteiger partial charge in [-0.15, -0.1) is 0 Å². The number of thiocarbonyl (C=S) groups is 1. The zero-order chi connectivity index (χ0) is 22.8. The summed E-state index contributed by atoms with van der Waals surface area (Å²) in [6.45, 7) is 4.03. The number of nitriles is 1. The van der Waals surface area contributed by atoms with Gasteiger partial charge in [0.1, 0.15) is 17.2 Å². The van der Waals surface area contributed by atoms with Gasteiger partial charge < -0.3 is 9.73 Å². The van der Waals surface area contributed by atoms with Gasteiger partial charge in [0.2, 0.25) is 10.0 Å². The van der Waals surface area contributed by atoms with Crippen molar-refractivity contribution < 1.29 is 17.6 Å². The number of benzene rings is 1. The van der Waals surface area contributed by atoms with E-state index in [1.165, 1.54) is 15.3 Å². The normalized spacial score (nSPS) is 15.6. The Morgan fingerprint density at radius 3 is 2.65 bits per heavy atom. The molecule has 1 N–H and O–H groups in total. The van der Waals surface area contributed by atoms with Crippen molar-refractivity contribution in [1.82, 2.24) is 9.62 Å². The predicted molar refractivity (Wildman–Crippen MR) is 121 cm³/mol. The lowest BCUT2D eigenvalue weighted by Gasteiger charge is -2.16. The van der Waals surface area contributed by atoms with Crippen molar-refractivity contribution in [2.24, 2.45) is 0 Å². The Morgan fingerprint density at radius 1 is 1.26 bits per heavy atom. The van der Waals surface area contributed by atoms with Crippen LogP contribution >= 0.6 is 12.2 Å². The fourth-order valence-corrected chi connectivity index (χ4v) is 4.13. The van der Waals surface area contributed by atoms with Crippen LogP contribution in [0, 0.1) is 25.2 Å². The van der Waals surface area contributed by atoms with Crippen LogP contribution in [0.5, 0.6) is 0 Å². The van der Waals surface area contributed by atoms with Crippen molar-refractivity contribution in [2.75, 3.05) is 17.7 Å². The second-order valence-corrected chi connectivity index (χ2v) is 9.58. The molecule has 1 aromatic heterocycles. The molecule has 0 aliphatic carbocycles. The Balaban J connectivity index is 1.79. The molecule has 0 atom stereocenters. The van der Waals surface area contributed by atoms with Crippen LogP contribution in [0.15, 0.2) is 40.4 Å². The first kappa shape index (κ1) is 22.7. The van der Waals surface area contributed by atoms with Crippen molar-refractivity contribution in [1.29, 1.82) is 5.26 Å². The van der Waals surface area contributed by atoms with Gasteiger partial charge in [-0.05, 0) is 61.5 Å². The lowest BCUT2D eigenvalue weighted by molar-refractivity contribution is -0.113. The number of sulfonamides is 1. The fourth-order valence-electron chi connectivity index (χ4n) is 3.04. The summed E-state index contributed by atoms with van der Waals surface area (Å²) in [7, 11) is -3.49. The number of carbonyl (C=O) groups is 1. The van der Waals surface area contributed by atoms with E-state index >= 15 is 0 Å².